The third kappa shape index (κ3) is 10.6. The average molecular weight is 793 g/mol. The molecule has 13 nitrogen and oxygen atoms in total. The van der Waals surface area contributed by atoms with Gasteiger partial charge >= 0.3 is 18.2 Å². The van der Waals surface area contributed by atoms with E-state index >= 15 is 0 Å². The molecule has 9 rings (SSSR count). The van der Waals surface area contributed by atoms with Crippen molar-refractivity contribution in [2.24, 2.45) is 0 Å². The van der Waals surface area contributed by atoms with Gasteiger partial charge in [-0.1, -0.05) is 56.0 Å². The van der Waals surface area contributed by atoms with Crippen LogP contribution >= 0.6 is 0 Å². The van der Waals surface area contributed by atoms with E-state index in [0.717, 1.165) is 76.3 Å². The number of benzene rings is 1. The van der Waals surface area contributed by atoms with E-state index in [9.17, 15) is 14.4 Å². The average Bonchev–Trinajstić information content (AvgIpc) is 3.79. The summed E-state index contributed by atoms with van der Waals surface area (Å²) >= 11 is 0. The van der Waals surface area contributed by atoms with E-state index in [1.807, 2.05) is 35.2 Å². The standard InChI is InChI=1S/C25H36N4O3.C17H30N4O.C2H6O/c30-24-26-22-8-4-5-9-23(22)29(24)21-12-14-27(15-13-21)20-10-16-28(17-11-20)25(31)32-18-19-6-2-1-3-7-19;22-17-19-15-3-1-2-4-16(15)21(17)14-7-11-20(12-8-14)13-5-9-18-10-6-13;1-2-3/h1-3,6-7,20-23H,4-5,8-18H2,(H,26,30);13-16,18H,1-12H2,(H,19,22);3H,2H2,1H3/t22-,23+;15-,16+;/m11./s1. The SMILES string of the molecule is CCO.O=C(OCc1ccccc1)N1CCC(N2CCC(N3C(=O)N[C@@H]4CCCC[C@@H]43)CC2)CC1.O=C1N[C@@H]2CCCC[C@@H]2N1C1CCN(C2CCNCC2)CC1. The zero-order chi connectivity index (χ0) is 39.6. The van der Waals surface area contributed by atoms with Crippen LogP contribution in [0.25, 0.3) is 0 Å². The molecular weight excluding hydrogens is 721 g/mol. The Morgan fingerprint density at radius 3 is 1.56 bits per heavy atom. The molecule has 2 saturated carbocycles. The molecule has 0 spiro atoms. The van der Waals surface area contributed by atoms with Crippen LogP contribution in [0.5, 0.6) is 0 Å². The predicted octanol–water partition coefficient (Wildman–Crippen LogP) is 5.13. The number of carbonyl (C=O) groups is 3. The molecule has 4 atom stereocenters. The first kappa shape index (κ1) is 42.0. The lowest BCUT2D eigenvalue weighted by atomic mass is 9.89. The number of aliphatic hydroxyl groups is 1. The van der Waals surface area contributed by atoms with E-state index < -0.39 is 0 Å². The van der Waals surface area contributed by atoms with Crippen molar-refractivity contribution >= 4 is 18.2 Å². The first-order valence-corrected chi connectivity index (χ1v) is 22.9. The number of likely N-dealkylation sites (tertiary alicyclic amines) is 3. The van der Waals surface area contributed by atoms with Gasteiger partial charge in [-0.3, -0.25) is 0 Å². The highest BCUT2D eigenvalue weighted by molar-refractivity contribution is 5.78. The lowest BCUT2D eigenvalue weighted by molar-refractivity contribution is 0.0462. The monoisotopic (exact) mass is 793 g/mol. The van der Waals surface area contributed by atoms with Crippen LogP contribution in [0.15, 0.2) is 30.3 Å². The first-order chi connectivity index (χ1) is 27.9. The highest BCUT2D eigenvalue weighted by Gasteiger charge is 2.46. The van der Waals surface area contributed by atoms with E-state index in [2.05, 4.69) is 35.6 Å². The molecule has 0 radical (unpaired) electrons. The molecule has 2 aliphatic carbocycles. The lowest BCUT2D eigenvalue weighted by Gasteiger charge is -2.44. The Kier molecular flexibility index (Phi) is 15.3. The minimum absolute atomic E-state index is 0.169. The van der Waals surface area contributed by atoms with Crippen LogP contribution in [0, 0.1) is 0 Å². The van der Waals surface area contributed by atoms with Gasteiger partial charge in [-0.05, 0) is 103 Å². The molecule has 0 unspecified atom stereocenters. The molecule has 1 aromatic carbocycles. The van der Waals surface area contributed by atoms with E-state index in [-0.39, 0.29) is 24.8 Å². The largest absolute Gasteiger partial charge is 0.445 e. The van der Waals surface area contributed by atoms with Crippen LogP contribution < -0.4 is 16.0 Å². The number of nitrogens with zero attached hydrogens (tertiary/aromatic N) is 5. The Labute approximate surface area is 341 Å². The number of piperidine rings is 4. The van der Waals surface area contributed by atoms with Crippen molar-refractivity contribution in [3.8, 4) is 0 Å². The van der Waals surface area contributed by atoms with Crippen LogP contribution in [-0.4, -0.2) is 155 Å². The van der Waals surface area contributed by atoms with Crippen LogP contribution in [0.2, 0.25) is 0 Å². The number of nitrogens with one attached hydrogen (secondary N) is 3. The van der Waals surface area contributed by atoms with Crippen molar-refractivity contribution in [1.82, 2.24) is 40.4 Å². The van der Waals surface area contributed by atoms with E-state index in [1.165, 1.54) is 90.4 Å². The fraction of sp³-hybridized carbons (Fsp3) is 0.795. The highest BCUT2D eigenvalue weighted by Crippen LogP contribution is 2.34. The number of rotatable bonds is 6. The summed E-state index contributed by atoms with van der Waals surface area (Å²) in [6.45, 7) is 10.6. The maximum atomic E-state index is 12.6. The molecular formula is C44H72N8O5. The molecule has 4 N–H and O–H groups in total. The van der Waals surface area contributed by atoms with E-state index in [0.29, 0.717) is 48.9 Å². The summed E-state index contributed by atoms with van der Waals surface area (Å²) in [5, 5.41) is 17.5. The molecule has 57 heavy (non-hydrogen) atoms. The van der Waals surface area contributed by atoms with Crippen molar-refractivity contribution in [2.75, 3.05) is 59.0 Å². The summed E-state index contributed by atoms with van der Waals surface area (Å²) in [5.41, 5.74) is 1.02. The van der Waals surface area contributed by atoms with Gasteiger partial charge in [0.25, 0.3) is 0 Å². The van der Waals surface area contributed by atoms with Gasteiger partial charge in [0.2, 0.25) is 0 Å². The molecule has 318 valence electrons. The maximum Gasteiger partial charge on any atom is 0.410 e. The number of carbonyl (C=O) groups excluding carboxylic acids is 3. The molecule has 13 heteroatoms. The Bertz CT molecular complexity index is 1410. The topological polar surface area (TPSA) is 133 Å². The van der Waals surface area contributed by atoms with Crippen molar-refractivity contribution in [2.45, 2.75) is 165 Å². The van der Waals surface area contributed by atoms with Crippen molar-refractivity contribution in [3.05, 3.63) is 35.9 Å². The van der Waals surface area contributed by atoms with Crippen molar-refractivity contribution in [1.29, 1.82) is 0 Å². The first-order valence-electron chi connectivity index (χ1n) is 22.9. The molecule has 6 aliphatic heterocycles. The normalized spacial score (nSPS) is 29.6. The molecule has 0 bridgehead atoms. The van der Waals surface area contributed by atoms with Crippen molar-refractivity contribution in [3.63, 3.8) is 0 Å². The zero-order valence-corrected chi connectivity index (χ0v) is 34.7. The van der Waals surface area contributed by atoms with Gasteiger partial charge < -0.3 is 50.3 Å². The smallest absolute Gasteiger partial charge is 0.410 e. The molecule has 6 saturated heterocycles. The second-order valence-electron chi connectivity index (χ2n) is 17.7. The number of aliphatic hydroxyl groups excluding tert-OH is 1. The van der Waals surface area contributed by atoms with Crippen LogP contribution in [0.4, 0.5) is 14.4 Å². The lowest BCUT2D eigenvalue weighted by Crippen LogP contribution is -2.53. The molecule has 5 amide bonds. The molecule has 1 aromatic rings. The summed E-state index contributed by atoms with van der Waals surface area (Å²) in [6, 6.07) is 14.1. The van der Waals surface area contributed by atoms with Gasteiger partial charge in [0.1, 0.15) is 6.61 Å². The zero-order valence-electron chi connectivity index (χ0n) is 34.7. The summed E-state index contributed by atoms with van der Waals surface area (Å²) in [7, 11) is 0. The van der Waals surface area contributed by atoms with Gasteiger partial charge in [0.05, 0.1) is 24.2 Å². The quantitative estimate of drug-likeness (QED) is 0.312. The number of urea groups is 2. The Morgan fingerprint density at radius 1 is 0.632 bits per heavy atom. The maximum absolute atomic E-state index is 12.6. The number of hydrogen-bond acceptors (Lipinski definition) is 8. The molecule has 8 fully saturated rings. The van der Waals surface area contributed by atoms with E-state index in [1.54, 1.807) is 6.92 Å². The van der Waals surface area contributed by atoms with Crippen molar-refractivity contribution < 1.29 is 24.2 Å². The van der Waals surface area contributed by atoms with Gasteiger partial charge in [0.15, 0.2) is 0 Å². The Hall–Kier alpha value is -3.13. The van der Waals surface area contributed by atoms with Crippen LogP contribution in [0.3, 0.4) is 0 Å². The highest BCUT2D eigenvalue weighted by atomic mass is 16.6. The van der Waals surface area contributed by atoms with Gasteiger partial charge in [-0.15, -0.1) is 0 Å². The number of amides is 5. The summed E-state index contributed by atoms with van der Waals surface area (Å²) in [5.74, 6) is 0. The van der Waals surface area contributed by atoms with Crippen LogP contribution in [-0.2, 0) is 11.3 Å². The second-order valence-corrected chi connectivity index (χ2v) is 17.7. The summed E-state index contributed by atoms with van der Waals surface area (Å²) in [6.07, 6.45) is 18.6. The van der Waals surface area contributed by atoms with Gasteiger partial charge in [-0.25, -0.2) is 14.4 Å². The van der Waals surface area contributed by atoms with E-state index in [4.69, 9.17) is 9.84 Å². The van der Waals surface area contributed by atoms with Gasteiger partial charge in [0, 0.05) is 70.0 Å². The number of ether oxygens (including phenoxy) is 1. The predicted molar refractivity (Wildman–Crippen MR) is 222 cm³/mol. The third-order valence-corrected chi connectivity index (χ3v) is 14.3. The fourth-order valence-corrected chi connectivity index (χ4v) is 11.3. The Morgan fingerprint density at radius 2 is 1.07 bits per heavy atom. The second kappa shape index (κ2) is 20.7. The molecule has 0 aromatic heterocycles. The van der Waals surface area contributed by atoms with Gasteiger partial charge in [-0.2, -0.15) is 0 Å². The fourth-order valence-electron chi connectivity index (χ4n) is 11.3. The Balaban J connectivity index is 0.000000173. The number of fused-ring (bicyclic) bond motifs is 2. The van der Waals surface area contributed by atoms with Crippen LogP contribution in [0.1, 0.15) is 115 Å². The summed E-state index contributed by atoms with van der Waals surface area (Å²) in [4.78, 5) is 49.0. The number of hydrogen-bond donors (Lipinski definition) is 4. The summed E-state index contributed by atoms with van der Waals surface area (Å²) < 4.78 is 5.50. The molecule has 8 aliphatic rings. The molecule has 6 heterocycles. The third-order valence-electron chi connectivity index (χ3n) is 14.3. The minimum Gasteiger partial charge on any atom is -0.445 e. The minimum atomic E-state index is -0.201.